The third-order valence-electron chi connectivity index (χ3n) is 4.58. The van der Waals surface area contributed by atoms with Crippen LogP contribution in [0, 0.1) is 0 Å². The number of nitrogens with zero attached hydrogens (tertiary/aromatic N) is 2. The summed E-state index contributed by atoms with van der Waals surface area (Å²) in [5.74, 6) is -0.0544. The van der Waals surface area contributed by atoms with Crippen molar-refractivity contribution >= 4 is 54.5 Å². The lowest BCUT2D eigenvalue weighted by Crippen LogP contribution is -2.47. The Kier molecular flexibility index (Phi) is 12.7. The van der Waals surface area contributed by atoms with Crippen LogP contribution in [0.4, 0.5) is 11.4 Å². The van der Waals surface area contributed by atoms with Crippen LogP contribution in [0.5, 0.6) is 0 Å². The van der Waals surface area contributed by atoms with Gasteiger partial charge >= 0.3 is 0 Å². The van der Waals surface area contributed by atoms with Crippen LogP contribution in [-0.4, -0.2) is 50.1 Å². The van der Waals surface area contributed by atoms with Gasteiger partial charge in [0.05, 0.1) is 0 Å². The molecule has 0 spiro atoms. The summed E-state index contributed by atoms with van der Waals surface area (Å²) in [7, 11) is 0. The van der Waals surface area contributed by atoms with Gasteiger partial charge in [0.1, 0.15) is 0 Å². The first-order chi connectivity index (χ1) is 12.2. The van der Waals surface area contributed by atoms with Gasteiger partial charge in [0.2, 0.25) is 0 Å². The zero-order chi connectivity index (χ0) is 17.5. The number of carbonyl (C=O) groups is 1. The number of nitrogens with one attached hydrogen (secondary N) is 1. The van der Waals surface area contributed by atoms with Gasteiger partial charge in [-0.1, -0.05) is 24.3 Å². The van der Waals surface area contributed by atoms with E-state index in [0.29, 0.717) is 17.8 Å². The molecule has 28 heavy (non-hydrogen) atoms. The Morgan fingerprint density at radius 1 is 0.929 bits per heavy atom. The molecule has 5 nitrogen and oxygen atoms in total. The lowest BCUT2D eigenvalue weighted by Gasteiger charge is -2.36. The summed E-state index contributed by atoms with van der Waals surface area (Å²) in [5.41, 5.74) is 8.25. The molecule has 2 aromatic carbocycles. The molecular weight excluding hydrogens is 419 g/mol. The number of hydrogen-bond donors (Lipinski definition) is 2. The van der Waals surface area contributed by atoms with Crippen molar-refractivity contribution in [2.75, 3.05) is 49.9 Å². The predicted molar refractivity (Wildman–Crippen MR) is 125 cm³/mol. The molecule has 2 aromatic rings. The third-order valence-corrected chi connectivity index (χ3v) is 4.58. The predicted octanol–water partition coefficient (Wildman–Crippen LogP) is 3.48. The minimum absolute atomic E-state index is 0. The van der Waals surface area contributed by atoms with E-state index in [1.165, 1.54) is 5.69 Å². The van der Waals surface area contributed by atoms with Gasteiger partial charge in [0.25, 0.3) is 5.91 Å². The molecule has 0 bridgehead atoms. The van der Waals surface area contributed by atoms with E-state index in [9.17, 15) is 4.79 Å². The molecule has 0 atom stereocenters. The molecule has 0 aromatic heterocycles. The molecule has 0 unspecified atom stereocenters. The summed E-state index contributed by atoms with van der Waals surface area (Å²) in [5, 5.41) is 2.97. The van der Waals surface area contributed by atoms with E-state index in [-0.39, 0.29) is 43.1 Å². The van der Waals surface area contributed by atoms with E-state index in [2.05, 4.69) is 45.4 Å². The van der Waals surface area contributed by atoms with Crippen LogP contribution < -0.4 is 16.0 Å². The van der Waals surface area contributed by atoms with Crippen molar-refractivity contribution in [2.45, 2.75) is 6.42 Å². The molecule has 3 N–H and O–H groups in total. The SMILES string of the molecule is Cl.Cl.Cl.Nc1cccc(C(=O)NCCCN2CCN(c3ccccc3)CC2)c1. The van der Waals surface area contributed by atoms with Crippen molar-refractivity contribution in [2.24, 2.45) is 0 Å². The smallest absolute Gasteiger partial charge is 0.251 e. The quantitative estimate of drug-likeness (QED) is 0.526. The fourth-order valence-electron chi connectivity index (χ4n) is 3.16. The first kappa shape index (κ1) is 26.3. The minimum atomic E-state index is -0.0544. The highest BCUT2D eigenvalue weighted by Gasteiger charge is 2.16. The van der Waals surface area contributed by atoms with Crippen LogP contribution >= 0.6 is 37.2 Å². The number of nitrogen functional groups attached to an aromatic ring is 1. The summed E-state index contributed by atoms with van der Waals surface area (Å²) in [4.78, 5) is 17.0. The highest BCUT2D eigenvalue weighted by Crippen LogP contribution is 2.15. The van der Waals surface area contributed by atoms with Crippen molar-refractivity contribution in [3.63, 3.8) is 0 Å². The third kappa shape index (κ3) is 7.76. The molecule has 156 valence electrons. The van der Waals surface area contributed by atoms with Gasteiger partial charge in [-0.3, -0.25) is 9.69 Å². The Balaban J connectivity index is 0.00000243. The van der Waals surface area contributed by atoms with E-state index < -0.39 is 0 Å². The number of piperazine rings is 1. The van der Waals surface area contributed by atoms with Crippen LogP contribution in [0.2, 0.25) is 0 Å². The van der Waals surface area contributed by atoms with Crippen LogP contribution in [0.3, 0.4) is 0 Å². The second-order valence-electron chi connectivity index (χ2n) is 6.40. The summed E-state index contributed by atoms with van der Waals surface area (Å²) >= 11 is 0. The number of para-hydroxylation sites is 1. The lowest BCUT2D eigenvalue weighted by atomic mass is 10.2. The maximum Gasteiger partial charge on any atom is 0.251 e. The van der Waals surface area contributed by atoms with Gasteiger partial charge < -0.3 is 16.0 Å². The van der Waals surface area contributed by atoms with Crippen molar-refractivity contribution in [1.82, 2.24) is 10.2 Å². The largest absolute Gasteiger partial charge is 0.399 e. The maximum atomic E-state index is 12.1. The highest BCUT2D eigenvalue weighted by atomic mass is 35.5. The number of halogens is 3. The van der Waals surface area contributed by atoms with Gasteiger partial charge in [0, 0.05) is 49.7 Å². The maximum absolute atomic E-state index is 12.1. The summed E-state index contributed by atoms with van der Waals surface area (Å²) in [6.07, 6.45) is 0.958. The van der Waals surface area contributed by atoms with E-state index >= 15 is 0 Å². The van der Waals surface area contributed by atoms with Crippen LogP contribution in [0.25, 0.3) is 0 Å². The Hall–Kier alpha value is -1.66. The van der Waals surface area contributed by atoms with Gasteiger partial charge in [-0.15, -0.1) is 37.2 Å². The minimum Gasteiger partial charge on any atom is -0.399 e. The van der Waals surface area contributed by atoms with Crippen molar-refractivity contribution in [3.05, 3.63) is 60.2 Å². The number of hydrogen-bond acceptors (Lipinski definition) is 4. The zero-order valence-corrected chi connectivity index (χ0v) is 18.2. The lowest BCUT2D eigenvalue weighted by molar-refractivity contribution is 0.0951. The summed E-state index contributed by atoms with van der Waals surface area (Å²) in [6, 6.07) is 17.6. The van der Waals surface area contributed by atoms with Gasteiger partial charge in [-0.25, -0.2) is 0 Å². The molecule has 1 heterocycles. The van der Waals surface area contributed by atoms with Crippen LogP contribution in [-0.2, 0) is 0 Å². The standard InChI is InChI=1S/C20H26N4O.3ClH/c21-18-7-4-6-17(16-18)20(25)22-10-5-11-23-12-14-24(15-13-23)19-8-2-1-3-9-19;;;/h1-4,6-9,16H,5,10-15,21H2,(H,22,25);3*1H. The first-order valence-corrected chi connectivity index (χ1v) is 8.88. The Bertz CT molecular complexity index is 695. The molecule has 1 aliphatic rings. The normalized spacial score (nSPS) is 13.5. The molecule has 0 radical (unpaired) electrons. The number of benzene rings is 2. The topological polar surface area (TPSA) is 61.6 Å². The van der Waals surface area contributed by atoms with Crippen molar-refractivity contribution < 1.29 is 4.79 Å². The van der Waals surface area contributed by atoms with Gasteiger partial charge in [-0.05, 0) is 43.3 Å². The first-order valence-electron chi connectivity index (χ1n) is 8.88. The van der Waals surface area contributed by atoms with Crippen LogP contribution in [0.15, 0.2) is 54.6 Å². The fourth-order valence-corrected chi connectivity index (χ4v) is 3.16. The van der Waals surface area contributed by atoms with Crippen molar-refractivity contribution in [3.8, 4) is 0 Å². The second-order valence-corrected chi connectivity index (χ2v) is 6.40. The molecular formula is C20H29Cl3N4O. The number of nitrogens with two attached hydrogens (primary N) is 1. The molecule has 8 heteroatoms. The average molecular weight is 448 g/mol. The average Bonchev–Trinajstić information content (AvgIpc) is 2.66. The van der Waals surface area contributed by atoms with E-state index in [4.69, 9.17) is 5.73 Å². The summed E-state index contributed by atoms with van der Waals surface area (Å²) < 4.78 is 0. The van der Waals surface area contributed by atoms with Gasteiger partial charge in [0.15, 0.2) is 0 Å². The van der Waals surface area contributed by atoms with E-state index in [1.54, 1.807) is 24.3 Å². The Morgan fingerprint density at radius 3 is 2.25 bits per heavy atom. The molecule has 1 saturated heterocycles. The fraction of sp³-hybridized carbons (Fsp3) is 0.350. The number of carbonyl (C=O) groups excluding carboxylic acids is 1. The molecule has 3 rings (SSSR count). The van der Waals surface area contributed by atoms with Gasteiger partial charge in [-0.2, -0.15) is 0 Å². The van der Waals surface area contributed by atoms with E-state index in [0.717, 1.165) is 39.1 Å². The molecule has 1 fully saturated rings. The summed E-state index contributed by atoms with van der Waals surface area (Å²) in [6.45, 7) is 5.95. The number of anilines is 2. The van der Waals surface area contributed by atoms with Crippen LogP contribution in [0.1, 0.15) is 16.8 Å². The second kappa shape index (κ2) is 13.5. The molecule has 0 saturated carbocycles. The number of rotatable bonds is 6. The molecule has 0 aliphatic carbocycles. The van der Waals surface area contributed by atoms with E-state index in [1.807, 2.05) is 0 Å². The zero-order valence-electron chi connectivity index (χ0n) is 15.8. The molecule has 1 amide bonds. The monoisotopic (exact) mass is 446 g/mol. The highest BCUT2D eigenvalue weighted by molar-refractivity contribution is 5.94. The molecule has 1 aliphatic heterocycles. The number of amides is 1. The Labute approximate surface area is 185 Å². The van der Waals surface area contributed by atoms with Crippen molar-refractivity contribution in [1.29, 1.82) is 0 Å². The Morgan fingerprint density at radius 2 is 1.61 bits per heavy atom.